The maximum absolute atomic E-state index is 12.3. The Kier molecular flexibility index (Phi) is 6.13. The SMILES string of the molecule is CCc1nc2ccccc2n1CC(=O)NNC(=O)c1ccc(CSC)cc1. The number of imidazole rings is 1. The highest BCUT2D eigenvalue weighted by atomic mass is 32.2. The predicted molar refractivity (Wildman–Crippen MR) is 108 cm³/mol. The number of para-hydroxylation sites is 2. The molecule has 0 fully saturated rings. The molecule has 2 aromatic carbocycles. The molecule has 140 valence electrons. The van der Waals surface area contributed by atoms with Crippen LogP contribution in [0.2, 0.25) is 0 Å². The van der Waals surface area contributed by atoms with E-state index in [0.717, 1.165) is 34.6 Å². The van der Waals surface area contributed by atoms with E-state index in [-0.39, 0.29) is 18.4 Å². The maximum atomic E-state index is 12.3. The Morgan fingerprint density at radius 2 is 1.81 bits per heavy atom. The van der Waals surface area contributed by atoms with Gasteiger partial charge in [-0.15, -0.1) is 0 Å². The number of hydrogen-bond donors (Lipinski definition) is 2. The van der Waals surface area contributed by atoms with Crippen LogP contribution in [0.25, 0.3) is 11.0 Å². The van der Waals surface area contributed by atoms with Crippen LogP contribution in [0.15, 0.2) is 48.5 Å². The number of hydrogen-bond acceptors (Lipinski definition) is 4. The molecule has 3 rings (SSSR count). The molecule has 1 aromatic heterocycles. The van der Waals surface area contributed by atoms with Gasteiger partial charge in [0, 0.05) is 17.7 Å². The van der Waals surface area contributed by atoms with Crippen molar-refractivity contribution in [3.05, 3.63) is 65.5 Å². The van der Waals surface area contributed by atoms with Crippen molar-refractivity contribution in [2.45, 2.75) is 25.6 Å². The molecule has 0 atom stereocenters. The molecular formula is C20H22N4O2S. The number of aromatic nitrogens is 2. The van der Waals surface area contributed by atoms with Gasteiger partial charge in [-0.1, -0.05) is 31.2 Å². The third-order valence-corrected chi connectivity index (χ3v) is 4.82. The molecule has 1 heterocycles. The zero-order valence-electron chi connectivity index (χ0n) is 15.4. The smallest absolute Gasteiger partial charge is 0.269 e. The second-order valence-electron chi connectivity index (χ2n) is 6.09. The third kappa shape index (κ3) is 4.49. The second kappa shape index (κ2) is 8.73. The first-order chi connectivity index (χ1) is 13.1. The molecule has 0 spiro atoms. The summed E-state index contributed by atoms with van der Waals surface area (Å²) in [5.41, 5.74) is 8.37. The summed E-state index contributed by atoms with van der Waals surface area (Å²) in [6, 6.07) is 15.0. The van der Waals surface area contributed by atoms with Crippen LogP contribution in [0.3, 0.4) is 0 Å². The van der Waals surface area contributed by atoms with Crippen LogP contribution in [0, 0.1) is 0 Å². The molecule has 6 nitrogen and oxygen atoms in total. The van der Waals surface area contributed by atoms with E-state index in [1.54, 1.807) is 23.9 Å². The molecule has 0 unspecified atom stereocenters. The lowest BCUT2D eigenvalue weighted by Crippen LogP contribution is -2.43. The number of carbonyl (C=O) groups excluding carboxylic acids is 2. The van der Waals surface area contributed by atoms with Gasteiger partial charge in [-0.05, 0) is 36.1 Å². The standard InChI is InChI=1S/C20H22N4O2S/c1-3-18-21-16-6-4-5-7-17(16)24(18)12-19(25)22-23-20(26)15-10-8-14(9-11-15)13-27-2/h4-11H,3,12-13H2,1-2H3,(H,22,25)(H,23,26). The Labute approximate surface area is 162 Å². The Balaban J connectivity index is 1.62. The van der Waals surface area contributed by atoms with Gasteiger partial charge in [0.2, 0.25) is 0 Å². The van der Waals surface area contributed by atoms with E-state index in [1.165, 1.54) is 0 Å². The van der Waals surface area contributed by atoms with Crippen LogP contribution < -0.4 is 10.9 Å². The molecule has 0 saturated carbocycles. The number of amides is 2. The molecule has 2 amide bonds. The van der Waals surface area contributed by atoms with E-state index < -0.39 is 0 Å². The summed E-state index contributed by atoms with van der Waals surface area (Å²) in [5.74, 6) is 1.09. The summed E-state index contributed by atoms with van der Waals surface area (Å²) < 4.78 is 1.87. The van der Waals surface area contributed by atoms with Crippen molar-refractivity contribution in [2.75, 3.05) is 6.26 Å². The summed E-state index contributed by atoms with van der Waals surface area (Å²) in [4.78, 5) is 29.1. The van der Waals surface area contributed by atoms with E-state index in [0.29, 0.717) is 5.56 Å². The summed E-state index contributed by atoms with van der Waals surface area (Å²) in [5, 5.41) is 0. The van der Waals surface area contributed by atoms with E-state index >= 15 is 0 Å². The molecule has 0 aliphatic heterocycles. The largest absolute Gasteiger partial charge is 0.318 e. The van der Waals surface area contributed by atoms with Gasteiger partial charge in [0.25, 0.3) is 11.8 Å². The highest BCUT2D eigenvalue weighted by Crippen LogP contribution is 2.16. The van der Waals surface area contributed by atoms with Crippen molar-refractivity contribution >= 4 is 34.6 Å². The van der Waals surface area contributed by atoms with Crippen LogP contribution in [0.5, 0.6) is 0 Å². The predicted octanol–water partition coefficient (Wildman–Crippen LogP) is 2.92. The van der Waals surface area contributed by atoms with Crippen molar-refractivity contribution in [2.24, 2.45) is 0 Å². The molecule has 0 saturated heterocycles. The number of fused-ring (bicyclic) bond motifs is 1. The normalized spacial score (nSPS) is 10.7. The average molecular weight is 382 g/mol. The van der Waals surface area contributed by atoms with Crippen LogP contribution in [-0.4, -0.2) is 27.6 Å². The fourth-order valence-corrected chi connectivity index (χ4v) is 3.40. The number of rotatable bonds is 6. The first-order valence-electron chi connectivity index (χ1n) is 8.73. The summed E-state index contributed by atoms with van der Waals surface area (Å²) in [7, 11) is 0. The number of thioether (sulfide) groups is 1. The number of hydrazine groups is 1. The van der Waals surface area contributed by atoms with Gasteiger partial charge < -0.3 is 4.57 Å². The quantitative estimate of drug-likeness (QED) is 0.643. The monoisotopic (exact) mass is 382 g/mol. The lowest BCUT2D eigenvalue weighted by atomic mass is 10.1. The Hall–Kier alpha value is -2.80. The highest BCUT2D eigenvalue weighted by molar-refractivity contribution is 7.97. The minimum Gasteiger partial charge on any atom is -0.318 e. The fourth-order valence-electron chi connectivity index (χ4n) is 2.87. The van der Waals surface area contributed by atoms with E-state index in [1.807, 2.05) is 54.1 Å². The first-order valence-corrected chi connectivity index (χ1v) is 10.1. The van der Waals surface area contributed by atoms with Crippen LogP contribution in [0.1, 0.15) is 28.7 Å². The van der Waals surface area contributed by atoms with Gasteiger partial charge in [-0.3, -0.25) is 20.4 Å². The fraction of sp³-hybridized carbons (Fsp3) is 0.250. The number of nitrogens with one attached hydrogen (secondary N) is 2. The van der Waals surface area contributed by atoms with Crippen molar-refractivity contribution in [3.63, 3.8) is 0 Å². The molecule has 0 radical (unpaired) electrons. The van der Waals surface area contributed by atoms with Gasteiger partial charge in [0.05, 0.1) is 11.0 Å². The lowest BCUT2D eigenvalue weighted by Gasteiger charge is -2.10. The van der Waals surface area contributed by atoms with Gasteiger partial charge in [0.15, 0.2) is 0 Å². The second-order valence-corrected chi connectivity index (χ2v) is 6.95. The van der Waals surface area contributed by atoms with Crippen molar-refractivity contribution < 1.29 is 9.59 Å². The minimum atomic E-state index is -0.342. The first kappa shape index (κ1) is 19.0. The summed E-state index contributed by atoms with van der Waals surface area (Å²) >= 11 is 1.72. The molecule has 3 aromatic rings. The van der Waals surface area contributed by atoms with Crippen LogP contribution in [-0.2, 0) is 23.5 Å². The lowest BCUT2D eigenvalue weighted by molar-refractivity contribution is -0.122. The number of benzene rings is 2. The number of carbonyl (C=O) groups is 2. The van der Waals surface area contributed by atoms with Gasteiger partial charge >= 0.3 is 0 Å². The molecule has 0 aliphatic rings. The zero-order chi connectivity index (χ0) is 19.2. The Morgan fingerprint density at radius 1 is 1.07 bits per heavy atom. The van der Waals surface area contributed by atoms with Crippen LogP contribution in [0.4, 0.5) is 0 Å². The van der Waals surface area contributed by atoms with Crippen molar-refractivity contribution in [3.8, 4) is 0 Å². The maximum Gasteiger partial charge on any atom is 0.269 e. The van der Waals surface area contributed by atoms with E-state index in [9.17, 15) is 9.59 Å². The van der Waals surface area contributed by atoms with Crippen LogP contribution >= 0.6 is 11.8 Å². The van der Waals surface area contributed by atoms with E-state index in [4.69, 9.17) is 0 Å². The Morgan fingerprint density at radius 3 is 2.52 bits per heavy atom. The van der Waals surface area contributed by atoms with Gasteiger partial charge in [-0.25, -0.2) is 4.98 Å². The van der Waals surface area contributed by atoms with Crippen molar-refractivity contribution in [1.82, 2.24) is 20.4 Å². The molecule has 0 aliphatic carbocycles. The van der Waals surface area contributed by atoms with Gasteiger partial charge in [-0.2, -0.15) is 11.8 Å². The minimum absolute atomic E-state index is 0.0939. The topological polar surface area (TPSA) is 76.0 Å². The van der Waals surface area contributed by atoms with E-state index in [2.05, 4.69) is 15.8 Å². The Bertz CT molecular complexity index is 950. The molecule has 27 heavy (non-hydrogen) atoms. The molecular weight excluding hydrogens is 360 g/mol. The third-order valence-electron chi connectivity index (χ3n) is 4.19. The highest BCUT2D eigenvalue weighted by Gasteiger charge is 2.13. The zero-order valence-corrected chi connectivity index (χ0v) is 16.2. The molecule has 0 bridgehead atoms. The molecule has 2 N–H and O–H groups in total. The van der Waals surface area contributed by atoms with Crippen molar-refractivity contribution in [1.29, 1.82) is 0 Å². The summed E-state index contributed by atoms with van der Waals surface area (Å²) in [6.45, 7) is 2.09. The van der Waals surface area contributed by atoms with Gasteiger partial charge in [0.1, 0.15) is 12.4 Å². The average Bonchev–Trinajstić information content (AvgIpc) is 3.04. The number of nitrogens with zero attached hydrogens (tertiary/aromatic N) is 2. The molecule has 7 heteroatoms. The number of aryl methyl sites for hydroxylation is 1. The summed E-state index contributed by atoms with van der Waals surface area (Å²) in [6.07, 6.45) is 2.75.